The minimum Gasteiger partial charge on any atom is -0.497 e. The van der Waals surface area contributed by atoms with Gasteiger partial charge in [0.05, 0.1) is 24.1 Å². The molecule has 0 aliphatic heterocycles. The molecule has 0 saturated heterocycles. The van der Waals surface area contributed by atoms with E-state index in [0.29, 0.717) is 5.56 Å². The number of benzene rings is 1. The van der Waals surface area contributed by atoms with Gasteiger partial charge in [-0.25, -0.2) is 0 Å². The van der Waals surface area contributed by atoms with Gasteiger partial charge >= 0.3 is 0 Å². The molecule has 4 heteroatoms. The number of ether oxygens (including phenoxy) is 1. The van der Waals surface area contributed by atoms with Gasteiger partial charge in [-0.05, 0) is 44.2 Å². The molecule has 1 aromatic carbocycles. The van der Waals surface area contributed by atoms with E-state index in [0.717, 1.165) is 28.5 Å². The largest absolute Gasteiger partial charge is 0.497 e. The van der Waals surface area contributed by atoms with Crippen molar-refractivity contribution in [3.05, 3.63) is 47.3 Å². The van der Waals surface area contributed by atoms with Gasteiger partial charge in [0, 0.05) is 11.4 Å². The molecule has 0 unspecified atom stereocenters. The molecule has 2 aromatic rings. The first-order chi connectivity index (χ1) is 9.13. The Morgan fingerprint density at radius 3 is 2.47 bits per heavy atom. The number of aromatic nitrogens is 1. The number of hydrogen-bond acceptors (Lipinski definition) is 4. The van der Waals surface area contributed by atoms with Crippen LogP contribution in [0.3, 0.4) is 0 Å². The minimum atomic E-state index is 0.571. The molecular formula is C15H15N3O. The molecule has 0 spiro atoms. The Morgan fingerprint density at radius 2 is 1.89 bits per heavy atom. The summed E-state index contributed by atoms with van der Waals surface area (Å²) in [6.45, 7) is 3.75. The van der Waals surface area contributed by atoms with Gasteiger partial charge in [0.15, 0.2) is 0 Å². The highest BCUT2D eigenvalue weighted by Gasteiger charge is 2.08. The first-order valence-electron chi connectivity index (χ1n) is 5.93. The Morgan fingerprint density at radius 1 is 1.21 bits per heavy atom. The van der Waals surface area contributed by atoms with Gasteiger partial charge in [-0.3, -0.25) is 4.98 Å². The molecule has 1 N–H and O–H groups in total. The van der Waals surface area contributed by atoms with Gasteiger partial charge in [0.2, 0.25) is 0 Å². The molecule has 2 rings (SSSR count). The van der Waals surface area contributed by atoms with Crippen molar-refractivity contribution in [1.29, 1.82) is 5.26 Å². The summed E-state index contributed by atoms with van der Waals surface area (Å²) in [4.78, 5) is 4.29. The smallest absolute Gasteiger partial charge is 0.119 e. The first kappa shape index (κ1) is 12.9. The quantitative estimate of drug-likeness (QED) is 0.911. The number of hydrogen-bond donors (Lipinski definition) is 1. The summed E-state index contributed by atoms with van der Waals surface area (Å²) in [7, 11) is 1.63. The third-order valence-electron chi connectivity index (χ3n) is 2.81. The summed E-state index contributed by atoms with van der Waals surface area (Å²) in [6, 6.07) is 11.6. The Hall–Kier alpha value is -2.54. The van der Waals surface area contributed by atoms with E-state index in [2.05, 4.69) is 16.4 Å². The van der Waals surface area contributed by atoms with Gasteiger partial charge in [0.1, 0.15) is 11.8 Å². The van der Waals surface area contributed by atoms with Crippen LogP contribution in [-0.4, -0.2) is 12.1 Å². The van der Waals surface area contributed by atoms with E-state index in [1.165, 1.54) is 0 Å². The van der Waals surface area contributed by atoms with Crippen LogP contribution >= 0.6 is 0 Å². The molecule has 1 aromatic heterocycles. The molecule has 0 atom stereocenters. The van der Waals surface area contributed by atoms with Crippen molar-refractivity contribution < 1.29 is 4.74 Å². The maximum absolute atomic E-state index is 9.20. The lowest BCUT2D eigenvalue weighted by Crippen LogP contribution is -1.99. The summed E-state index contributed by atoms with van der Waals surface area (Å²) >= 11 is 0. The van der Waals surface area contributed by atoms with E-state index >= 15 is 0 Å². The van der Waals surface area contributed by atoms with Crippen LogP contribution in [0.1, 0.15) is 17.0 Å². The molecule has 0 aliphatic carbocycles. The maximum Gasteiger partial charge on any atom is 0.119 e. The van der Waals surface area contributed by atoms with Gasteiger partial charge in [-0.2, -0.15) is 5.26 Å². The fourth-order valence-corrected chi connectivity index (χ4v) is 1.90. The molecule has 0 aliphatic rings. The number of nitriles is 1. The van der Waals surface area contributed by atoms with Gasteiger partial charge in [-0.1, -0.05) is 0 Å². The number of methoxy groups -OCH3 is 1. The van der Waals surface area contributed by atoms with E-state index < -0.39 is 0 Å². The van der Waals surface area contributed by atoms with E-state index in [1.807, 2.05) is 44.2 Å². The Bertz CT molecular complexity index is 627. The maximum atomic E-state index is 9.20. The summed E-state index contributed by atoms with van der Waals surface area (Å²) < 4.78 is 5.11. The zero-order valence-corrected chi connectivity index (χ0v) is 11.2. The number of nitrogens with one attached hydrogen (secondary N) is 1. The second-order valence-corrected chi connectivity index (χ2v) is 4.24. The number of pyridine rings is 1. The van der Waals surface area contributed by atoms with Crippen molar-refractivity contribution in [2.75, 3.05) is 12.4 Å². The number of anilines is 2. The molecule has 0 saturated carbocycles. The third-order valence-corrected chi connectivity index (χ3v) is 2.81. The molecule has 0 bridgehead atoms. The average Bonchev–Trinajstić information content (AvgIpc) is 2.39. The Kier molecular flexibility index (Phi) is 3.67. The molecule has 4 nitrogen and oxygen atoms in total. The van der Waals surface area contributed by atoms with Crippen molar-refractivity contribution in [1.82, 2.24) is 4.98 Å². The van der Waals surface area contributed by atoms with Crippen molar-refractivity contribution >= 4 is 11.4 Å². The zero-order valence-electron chi connectivity index (χ0n) is 11.2. The van der Waals surface area contributed by atoms with Crippen LogP contribution in [0.5, 0.6) is 5.75 Å². The van der Waals surface area contributed by atoms with Crippen LogP contribution in [0, 0.1) is 25.2 Å². The van der Waals surface area contributed by atoms with Crippen LogP contribution in [0.2, 0.25) is 0 Å². The fraction of sp³-hybridized carbons (Fsp3) is 0.200. The number of nitrogens with zero attached hydrogens (tertiary/aromatic N) is 2. The van der Waals surface area contributed by atoms with E-state index in [1.54, 1.807) is 7.11 Å². The van der Waals surface area contributed by atoms with Crippen LogP contribution in [-0.2, 0) is 0 Å². The van der Waals surface area contributed by atoms with E-state index in [4.69, 9.17) is 4.74 Å². The molecule has 19 heavy (non-hydrogen) atoms. The number of rotatable bonds is 3. The predicted molar refractivity (Wildman–Crippen MR) is 74.7 cm³/mol. The topological polar surface area (TPSA) is 57.9 Å². The Labute approximate surface area is 112 Å². The van der Waals surface area contributed by atoms with Crippen molar-refractivity contribution in [2.24, 2.45) is 0 Å². The van der Waals surface area contributed by atoms with Crippen molar-refractivity contribution in [3.63, 3.8) is 0 Å². The molecular weight excluding hydrogens is 238 g/mol. The lowest BCUT2D eigenvalue weighted by atomic mass is 10.1. The first-order valence-corrected chi connectivity index (χ1v) is 5.93. The second-order valence-electron chi connectivity index (χ2n) is 4.24. The molecule has 96 valence electrons. The van der Waals surface area contributed by atoms with Gasteiger partial charge in [-0.15, -0.1) is 0 Å². The third kappa shape index (κ3) is 2.83. The van der Waals surface area contributed by atoms with E-state index in [-0.39, 0.29) is 0 Å². The summed E-state index contributed by atoms with van der Waals surface area (Å²) in [5.74, 6) is 0.799. The number of aryl methyl sites for hydroxylation is 2. The fourth-order valence-electron chi connectivity index (χ4n) is 1.90. The van der Waals surface area contributed by atoms with Gasteiger partial charge < -0.3 is 10.1 Å². The lowest BCUT2D eigenvalue weighted by molar-refractivity contribution is 0.415. The standard InChI is InChI=1S/C15H15N3O/c1-10-8-15(14(9-16)11(2)17-10)18-12-4-6-13(19-3)7-5-12/h4-8H,1-3H3,(H,17,18). The molecule has 0 radical (unpaired) electrons. The van der Waals surface area contributed by atoms with Crippen LogP contribution in [0.4, 0.5) is 11.4 Å². The van der Waals surface area contributed by atoms with Crippen LogP contribution < -0.4 is 10.1 Å². The normalized spacial score (nSPS) is 9.79. The highest BCUT2D eigenvalue weighted by Crippen LogP contribution is 2.24. The summed E-state index contributed by atoms with van der Waals surface area (Å²) in [5.41, 5.74) is 3.87. The molecule has 0 amide bonds. The minimum absolute atomic E-state index is 0.571. The van der Waals surface area contributed by atoms with Crippen LogP contribution in [0.25, 0.3) is 0 Å². The van der Waals surface area contributed by atoms with E-state index in [9.17, 15) is 5.26 Å². The zero-order chi connectivity index (χ0) is 13.8. The SMILES string of the molecule is COc1ccc(Nc2cc(C)nc(C)c2C#N)cc1. The van der Waals surface area contributed by atoms with Crippen LogP contribution in [0.15, 0.2) is 30.3 Å². The lowest BCUT2D eigenvalue weighted by Gasteiger charge is -2.11. The Balaban J connectivity index is 2.34. The molecule has 0 fully saturated rings. The highest BCUT2D eigenvalue weighted by atomic mass is 16.5. The van der Waals surface area contributed by atoms with Crippen molar-refractivity contribution in [3.8, 4) is 11.8 Å². The molecule has 1 heterocycles. The monoisotopic (exact) mass is 253 g/mol. The summed E-state index contributed by atoms with van der Waals surface area (Å²) in [6.07, 6.45) is 0. The average molecular weight is 253 g/mol. The highest BCUT2D eigenvalue weighted by molar-refractivity contribution is 5.68. The predicted octanol–water partition coefficient (Wildman–Crippen LogP) is 3.32. The second kappa shape index (κ2) is 5.40. The van der Waals surface area contributed by atoms with Gasteiger partial charge in [0.25, 0.3) is 0 Å². The summed E-state index contributed by atoms with van der Waals surface area (Å²) in [5, 5.41) is 12.4. The van der Waals surface area contributed by atoms with Crippen molar-refractivity contribution in [2.45, 2.75) is 13.8 Å².